The van der Waals surface area contributed by atoms with Crippen LogP contribution in [0.5, 0.6) is 0 Å². The van der Waals surface area contributed by atoms with E-state index in [1.165, 1.54) is 13.8 Å². The lowest BCUT2D eigenvalue weighted by atomic mass is 10.1. The summed E-state index contributed by atoms with van der Waals surface area (Å²) in [5.41, 5.74) is 1.06. The summed E-state index contributed by atoms with van der Waals surface area (Å²) in [6.45, 7) is 6.38. The Labute approximate surface area is 118 Å². The minimum atomic E-state index is -0.816. The van der Waals surface area contributed by atoms with Crippen LogP contribution in [0.3, 0.4) is 0 Å². The molecule has 20 heavy (non-hydrogen) atoms. The largest absolute Gasteiger partial charge is 0.454 e. The van der Waals surface area contributed by atoms with Crippen molar-refractivity contribution in [3.63, 3.8) is 0 Å². The molecule has 5 nitrogen and oxygen atoms in total. The zero-order valence-electron chi connectivity index (χ0n) is 12.1. The maximum atomic E-state index is 12.0. The normalized spacial score (nSPS) is 11.8. The fourth-order valence-electron chi connectivity index (χ4n) is 1.54. The van der Waals surface area contributed by atoms with Crippen LogP contribution >= 0.6 is 0 Å². The number of hydrogen-bond acceptors (Lipinski definition) is 4. The predicted molar refractivity (Wildman–Crippen MR) is 75.5 cm³/mol. The van der Waals surface area contributed by atoms with Crippen LogP contribution in [-0.4, -0.2) is 23.8 Å². The lowest BCUT2D eigenvalue weighted by molar-refractivity contribution is -0.143. The van der Waals surface area contributed by atoms with Crippen LogP contribution in [0.4, 0.5) is 5.69 Å². The molecule has 0 aliphatic rings. The Hall–Kier alpha value is -2.17. The summed E-state index contributed by atoms with van der Waals surface area (Å²) in [6.07, 6.45) is -0.816. The van der Waals surface area contributed by atoms with E-state index < -0.39 is 12.1 Å². The number of amides is 1. The highest BCUT2D eigenvalue weighted by atomic mass is 16.5. The molecule has 1 amide bonds. The van der Waals surface area contributed by atoms with Crippen LogP contribution in [-0.2, 0) is 14.3 Å². The molecule has 0 aliphatic heterocycles. The highest BCUT2D eigenvalue weighted by molar-refractivity contribution is 6.00. The smallest absolute Gasteiger partial charge is 0.303 e. The second kappa shape index (κ2) is 6.84. The van der Waals surface area contributed by atoms with Crippen molar-refractivity contribution in [2.75, 3.05) is 5.32 Å². The number of carbonyl (C=O) groups excluding carboxylic acids is 3. The van der Waals surface area contributed by atoms with E-state index in [2.05, 4.69) is 5.32 Å². The molecule has 0 spiro atoms. The van der Waals surface area contributed by atoms with Crippen LogP contribution in [0.2, 0.25) is 0 Å². The first-order chi connectivity index (χ1) is 9.31. The molecule has 108 valence electrons. The number of esters is 1. The summed E-state index contributed by atoms with van der Waals surface area (Å²) in [4.78, 5) is 34.3. The van der Waals surface area contributed by atoms with Gasteiger partial charge in [-0.3, -0.25) is 14.4 Å². The lowest BCUT2D eigenvalue weighted by Gasteiger charge is -2.11. The fraction of sp³-hybridized carbons (Fsp3) is 0.400. The van der Waals surface area contributed by atoms with Gasteiger partial charge in [-0.1, -0.05) is 13.8 Å². The van der Waals surface area contributed by atoms with E-state index >= 15 is 0 Å². The molecule has 0 saturated heterocycles. The number of Topliss-reactive ketones (excluding diaryl/α,β-unsaturated/α-hetero) is 1. The van der Waals surface area contributed by atoms with Crippen LogP contribution in [0, 0.1) is 5.92 Å². The van der Waals surface area contributed by atoms with Gasteiger partial charge < -0.3 is 10.1 Å². The van der Waals surface area contributed by atoms with E-state index in [0.29, 0.717) is 11.3 Å². The van der Waals surface area contributed by atoms with E-state index in [0.717, 1.165) is 0 Å². The van der Waals surface area contributed by atoms with Crippen molar-refractivity contribution >= 4 is 23.3 Å². The molecule has 0 fully saturated rings. The van der Waals surface area contributed by atoms with Gasteiger partial charge >= 0.3 is 5.97 Å². The van der Waals surface area contributed by atoms with Crippen LogP contribution in [0.1, 0.15) is 38.1 Å². The maximum absolute atomic E-state index is 12.0. The van der Waals surface area contributed by atoms with Gasteiger partial charge in [0.2, 0.25) is 11.7 Å². The van der Waals surface area contributed by atoms with Crippen LogP contribution in [0.15, 0.2) is 24.3 Å². The quantitative estimate of drug-likeness (QED) is 0.662. The Morgan fingerprint density at radius 1 is 1.05 bits per heavy atom. The standard InChI is InChI=1S/C15H19NO4/c1-9(2)15(19)16-13-7-5-12(6-8-13)14(18)10(3)20-11(4)17/h5-10H,1-4H3,(H,16,19)/t10-/m1/s1. The number of carbonyl (C=O) groups is 3. The minimum Gasteiger partial charge on any atom is -0.454 e. The Morgan fingerprint density at radius 2 is 1.60 bits per heavy atom. The average molecular weight is 277 g/mol. The molecule has 1 aromatic carbocycles. The first-order valence-corrected chi connectivity index (χ1v) is 6.43. The first kappa shape index (κ1) is 15.9. The van der Waals surface area contributed by atoms with Gasteiger partial charge in [0.15, 0.2) is 6.10 Å². The molecule has 0 saturated carbocycles. The molecular weight excluding hydrogens is 258 g/mol. The van der Waals surface area contributed by atoms with Gasteiger partial charge in [0.05, 0.1) is 0 Å². The topological polar surface area (TPSA) is 72.5 Å². The molecule has 0 bridgehead atoms. The third-order valence-electron chi connectivity index (χ3n) is 2.67. The van der Waals surface area contributed by atoms with Crippen LogP contribution < -0.4 is 5.32 Å². The number of benzene rings is 1. The number of nitrogens with one attached hydrogen (secondary N) is 1. The summed E-state index contributed by atoms with van der Waals surface area (Å²) in [6, 6.07) is 6.48. The first-order valence-electron chi connectivity index (χ1n) is 6.43. The molecule has 1 N–H and O–H groups in total. The van der Waals surface area contributed by atoms with Crippen molar-refractivity contribution < 1.29 is 19.1 Å². The second-order valence-corrected chi connectivity index (χ2v) is 4.84. The third kappa shape index (κ3) is 4.50. The maximum Gasteiger partial charge on any atom is 0.303 e. The monoisotopic (exact) mass is 277 g/mol. The lowest BCUT2D eigenvalue weighted by Crippen LogP contribution is -2.23. The average Bonchev–Trinajstić information content (AvgIpc) is 2.37. The zero-order valence-corrected chi connectivity index (χ0v) is 12.1. The van der Waals surface area contributed by atoms with E-state index in [1.807, 2.05) is 0 Å². The van der Waals surface area contributed by atoms with E-state index in [9.17, 15) is 14.4 Å². The number of ketones is 1. The SMILES string of the molecule is CC(=O)O[C@H](C)C(=O)c1ccc(NC(=O)C(C)C)cc1. The molecule has 0 unspecified atom stereocenters. The molecular formula is C15H19NO4. The Morgan fingerprint density at radius 3 is 2.05 bits per heavy atom. The number of anilines is 1. The van der Waals surface area contributed by atoms with Crippen molar-refractivity contribution in [3.05, 3.63) is 29.8 Å². The molecule has 0 heterocycles. The molecule has 0 aliphatic carbocycles. The summed E-state index contributed by atoms with van der Waals surface area (Å²) in [5, 5.41) is 2.73. The van der Waals surface area contributed by atoms with Crippen molar-refractivity contribution in [2.45, 2.75) is 33.8 Å². The molecule has 0 radical (unpaired) electrons. The van der Waals surface area contributed by atoms with Gasteiger partial charge in [0.1, 0.15) is 0 Å². The van der Waals surface area contributed by atoms with E-state index in [4.69, 9.17) is 4.74 Å². The third-order valence-corrected chi connectivity index (χ3v) is 2.67. The molecule has 1 aromatic rings. The van der Waals surface area contributed by atoms with Gasteiger partial charge in [-0.05, 0) is 31.2 Å². The van der Waals surface area contributed by atoms with E-state index in [1.54, 1.807) is 38.1 Å². The van der Waals surface area contributed by atoms with Gasteiger partial charge in [-0.15, -0.1) is 0 Å². The van der Waals surface area contributed by atoms with Crippen molar-refractivity contribution in [1.82, 2.24) is 0 Å². The zero-order chi connectivity index (χ0) is 15.3. The fourth-order valence-corrected chi connectivity index (χ4v) is 1.54. The highest BCUT2D eigenvalue weighted by Crippen LogP contribution is 2.13. The molecule has 1 atom stereocenters. The van der Waals surface area contributed by atoms with Gasteiger partial charge in [-0.2, -0.15) is 0 Å². The van der Waals surface area contributed by atoms with Crippen molar-refractivity contribution in [1.29, 1.82) is 0 Å². The highest BCUT2D eigenvalue weighted by Gasteiger charge is 2.17. The minimum absolute atomic E-state index is 0.0858. The number of rotatable bonds is 5. The number of hydrogen-bond donors (Lipinski definition) is 1. The summed E-state index contributed by atoms with van der Waals surface area (Å²) in [7, 11) is 0. The van der Waals surface area contributed by atoms with Gasteiger partial charge in [0.25, 0.3) is 0 Å². The second-order valence-electron chi connectivity index (χ2n) is 4.84. The molecule has 5 heteroatoms. The summed E-state index contributed by atoms with van der Waals surface area (Å²) < 4.78 is 4.83. The van der Waals surface area contributed by atoms with Crippen molar-refractivity contribution in [2.24, 2.45) is 5.92 Å². The van der Waals surface area contributed by atoms with Crippen LogP contribution in [0.25, 0.3) is 0 Å². The Balaban J connectivity index is 2.73. The molecule has 1 rings (SSSR count). The number of ether oxygens (including phenoxy) is 1. The van der Waals surface area contributed by atoms with Gasteiger partial charge in [-0.25, -0.2) is 0 Å². The summed E-state index contributed by atoms with van der Waals surface area (Å²) >= 11 is 0. The van der Waals surface area contributed by atoms with Gasteiger partial charge in [0, 0.05) is 24.1 Å². The molecule has 0 aromatic heterocycles. The Bertz CT molecular complexity index is 505. The predicted octanol–water partition coefficient (Wildman–Crippen LogP) is 2.42. The Kier molecular flexibility index (Phi) is 5.43. The summed E-state index contributed by atoms with van der Waals surface area (Å²) in [5.74, 6) is -0.966. The van der Waals surface area contributed by atoms with Crippen molar-refractivity contribution in [3.8, 4) is 0 Å². The van der Waals surface area contributed by atoms with E-state index in [-0.39, 0.29) is 17.6 Å².